The van der Waals surface area contributed by atoms with E-state index in [0.717, 1.165) is 37.4 Å². The van der Waals surface area contributed by atoms with Crippen LogP contribution in [0.4, 0.5) is 11.6 Å². The molecule has 17 heavy (non-hydrogen) atoms. The Morgan fingerprint density at radius 1 is 1.53 bits per heavy atom. The second-order valence-electron chi connectivity index (χ2n) is 4.24. The summed E-state index contributed by atoms with van der Waals surface area (Å²) < 4.78 is 0. The number of carbonyl (C=O) groups is 1. The lowest BCUT2D eigenvalue weighted by atomic mass is 10.0. The van der Waals surface area contributed by atoms with Crippen molar-refractivity contribution in [3.05, 3.63) is 18.2 Å². The molecule has 1 atom stereocenters. The molecule has 0 aromatic carbocycles. The summed E-state index contributed by atoms with van der Waals surface area (Å²) in [5.74, 6) is 1.36. The Labute approximate surface area is 101 Å². The summed E-state index contributed by atoms with van der Waals surface area (Å²) in [5.41, 5.74) is 5.44. The normalized spacial score (nSPS) is 20.1. The van der Waals surface area contributed by atoms with Gasteiger partial charge >= 0.3 is 0 Å². The number of aromatic nitrogens is 1. The molecule has 0 radical (unpaired) electrons. The van der Waals surface area contributed by atoms with Gasteiger partial charge in [-0.25, -0.2) is 4.98 Å². The minimum absolute atomic E-state index is 0.219. The zero-order valence-corrected chi connectivity index (χ0v) is 10.0. The van der Waals surface area contributed by atoms with Crippen LogP contribution in [0.2, 0.25) is 0 Å². The standard InChI is InChI=1S/C12H18N4O/c1-14-10-6-4-7-11(15-10)16-8-3-2-5-9(16)12(13)17/h4,6-7,9H,2-3,5,8H2,1H3,(H2,13,17)(H,14,15). The van der Waals surface area contributed by atoms with Gasteiger partial charge in [-0.1, -0.05) is 6.07 Å². The SMILES string of the molecule is CNc1cccc(N2CCCCC2C(N)=O)n1. The highest BCUT2D eigenvalue weighted by Gasteiger charge is 2.27. The summed E-state index contributed by atoms with van der Waals surface area (Å²) >= 11 is 0. The number of carbonyl (C=O) groups excluding carboxylic acids is 1. The van der Waals surface area contributed by atoms with Crippen molar-refractivity contribution in [1.82, 2.24) is 4.98 Å². The maximum absolute atomic E-state index is 11.4. The van der Waals surface area contributed by atoms with Gasteiger partial charge in [0, 0.05) is 13.6 Å². The molecule has 1 aliphatic rings. The van der Waals surface area contributed by atoms with Gasteiger partial charge in [0.2, 0.25) is 5.91 Å². The number of pyridine rings is 1. The van der Waals surface area contributed by atoms with Crippen LogP contribution in [0.25, 0.3) is 0 Å². The second-order valence-corrected chi connectivity index (χ2v) is 4.24. The number of nitrogens with zero attached hydrogens (tertiary/aromatic N) is 2. The topological polar surface area (TPSA) is 71.2 Å². The first-order valence-corrected chi connectivity index (χ1v) is 5.93. The molecule has 2 heterocycles. The Kier molecular flexibility index (Phi) is 3.46. The monoisotopic (exact) mass is 234 g/mol. The first-order chi connectivity index (χ1) is 8.22. The Morgan fingerprint density at radius 3 is 3.06 bits per heavy atom. The van der Waals surface area contributed by atoms with Crippen LogP contribution in [0, 0.1) is 0 Å². The minimum atomic E-state index is -0.263. The fourth-order valence-electron chi connectivity index (χ4n) is 2.22. The molecule has 0 spiro atoms. The molecule has 1 aliphatic heterocycles. The maximum Gasteiger partial charge on any atom is 0.240 e. The van der Waals surface area contributed by atoms with Gasteiger partial charge in [0.05, 0.1) is 0 Å². The zero-order valence-electron chi connectivity index (χ0n) is 10.0. The third kappa shape index (κ3) is 2.49. The molecule has 0 bridgehead atoms. The maximum atomic E-state index is 11.4. The number of nitrogens with two attached hydrogens (primary N) is 1. The average Bonchev–Trinajstić information content (AvgIpc) is 2.39. The van der Waals surface area contributed by atoms with Gasteiger partial charge in [-0.15, -0.1) is 0 Å². The van der Waals surface area contributed by atoms with Gasteiger partial charge in [0.25, 0.3) is 0 Å². The molecular weight excluding hydrogens is 216 g/mol. The molecule has 1 fully saturated rings. The van der Waals surface area contributed by atoms with E-state index >= 15 is 0 Å². The molecular formula is C12H18N4O. The van der Waals surface area contributed by atoms with Gasteiger partial charge in [0.1, 0.15) is 17.7 Å². The van der Waals surface area contributed by atoms with E-state index in [2.05, 4.69) is 10.3 Å². The van der Waals surface area contributed by atoms with E-state index in [0.29, 0.717) is 0 Å². The molecule has 0 saturated carbocycles. The van der Waals surface area contributed by atoms with Crippen molar-refractivity contribution in [3.63, 3.8) is 0 Å². The Bertz CT molecular complexity index is 407. The van der Waals surface area contributed by atoms with Crippen molar-refractivity contribution in [2.75, 3.05) is 23.8 Å². The number of piperidine rings is 1. The van der Waals surface area contributed by atoms with E-state index in [1.165, 1.54) is 0 Å². The highest BCUT2D eigenvalue weighted by Crippen LogP contribution is 2.23. The second kappa shape index (κ2) is 5.03. The van der Waals surface area contributed by atoms with E-state index in [1.54, 1.807) is 0 Å². The van der Waals surface area contributed by atoms with Crippen LogP contribution in [0.1, 0.15) is 19.3 Å². The van der Waals surface area contributed by atoms with Crippen LogP contribution < -0.4 is 16.0 Å². The van der Waals surface area contributed by atoms with Gasteiger partial charge in [0.15, 0.2) is 0 Å². The van der Waals surface area contributed by atoms with Crippen LogP contribution in [0.15, 0.2) is 18.2 Å². The third-order valence-electron chi connectivity index (χ3n) is 3.12. The molecule has 1 aromatic rings. The number of anilines is 2. The van der Waals surface area contributed by atoms with Crippen LogP contribution in [0.3, 0.4) is 0 Å². The predicted molar refractivity (Wildman–Crippen MR) is 68.0 cm³/mol. The molecule has 1 saturated heterocycles. The Morgan fingerprint density at radius 2 is 2.35 bits per heavy atom. The first-order valence-electron chi connectivity index (χ1n) is 5.93. The molecule has 3 N–H and O–H groups in total. The number of hydrogen-bond donors (Lipinski definition) is 2. The summed E-state index contributed by atoms with van der Waals surface area (Å²) in [4.78, 5) is 17.9. The zero-order chi connectivity index (χ0) is 12.3. The lowest BCUT2D eigenvalue weighted by Gasteiger charge is -2.34. The minimum Gasteiger partial charge on any atom is -0.373 e. The number of primary amides is 1. The van der Waals surface area contributed by atoms with E-state index < -0.39 is 0 Å². The fraction of sp³-hybridized carbons (Fsp3) is 0.500. The van der Waals surface area contributed by atoms with Crippen LogP contribution in [0.5, 0.6) is 0 Å². The van der Waals surface area contributed by atoms with Crippen LogP contribution in [-0.2, 0) is 4.79 Å². The van der Waals surface area contributed by atoms with E-state index in [1.807, 2.05) is 30.1 Å². The number of hydrogen-bond acceptors (Lipinski definition) is 4. The van der Waals surface area contributed by atoms with Gasteiger partial charge in [-0.2, -0.15) is 0 Å². The average molecular weight is 234 g/mol. The van der Waals surface area contributed by atoms with E-state index in [9.17, 15) is 4.79 Å². The van der Waals surface area contributed by atoms with Crippen molar-refractivity contribution in [3.8, 4) is 0 Å². The summed E-state index contributed by atoms with van der Waals surface area (Å²) in [5, 5.41) is 3.00. The molecule has 92 valence electrons. The van der Waals surface area contributed by atoms with Crippen molar-refractivity contribution in [2.24, 2.45) is 5.73 Å². The smallest absolute Gasteiger partial charge is 0.240 e. The molecule has 5 nitrogen and oxygen atoms in total. The molecule has 1 amide bonds. The summed E-state index contributed by atoms with van der Waals surface area (Å²) in [6.07, 6.45) is 2.95. The van der Waals surface area contributed by atoms with Crippen LogP contribution >= 0.6 is 0 Å². The highest BCUT2D eigenvalue weighted by atomic mass is 16.1. The first kappa shape index (κ1) is 11.7. The Balaban J connectivity index is 2.26. The molecule has 1 aromatic heterocycles. The van der Waals surface area contributed by atoms with Crippen molar-refractivity contribution < 1.29 is 4.79 Å². The lowest BCUT2D eigenvalue weighted by Crippen LogP contribution is -2.48. The summed E-state index contributed by atoms with van der Waals surface area (Å²) in [6.45, 7) is 0.841. The third-order valence-corrected chi connectivity index (χ3v) is 3.12. The summed E-state index contributed by atoms with van der Waals surface area (Å²) in [6, 6.07) is 5.53. The molecule has 2 rings (SSSR count). The van der Waals surface area contributed by atoms with Crippen molar-refractivity contribution >= 4 is 17.5 Å². The largest absolute Gasteiger partial charge is 0.373 e. The molecule has 0 aliphatic carbocycles. The van der Waals surface area contributed by atoms with Gasteiger partial charge in [-0.05, 0) is 31.4 Å². The van der Waals surface area contributed by atoms with Gasteiger partial charge < -0.3 is 16.0 Å². The predicted octanol–water partition coefficient (Wildman–Crippen LogP) is 0.967. The van der Waals surface area contributed by atoms with Crippen LogP contribution in [-0.4, -0.2) is 30.5 Å². The fourth-order valence-corrected chi connectivity index (χ4v) is 2.22. The van der Waals surface area contributed by atoms with E-state index in [-0.39, 0.29) is 11.9 Å². The molecule has 1 unspecified atom stereocenters. The van der Waals surface area contributed by atoms with E-state index in [4.69, 9.17) is 5.73 Å². The number of amides is 1. The van der Waals surface area contributed by atoms with Gasteiger partial charge in [-0.3, -0.25) is 4.79 Å². The highest BCUT2D eigenvalue weighted by molar-refractivity contribution is 5.83. The summed E-state index contributed by atoms with van der Waals surface area (Å²) in [7, 11) is 1.83. The van der Waals surface area contributed by atoms with Crippen molar-refractivity contribution in [2.45, 2.75) is 25.3 Å². The molecule has 5 heteroatoms. The Hall–Kier alpha value is -1.78. The quantitative estimate of drug-likeness (QED) is 0.817. The number of nitrogens with one attached hydrogen (secondary N) is 1. The number of rotatable bonds is 3. The van der Waals surface area contributed by atoms with Crippen molar-refractivity contribution in [1.29, 1.82) is 0 Å². The lowest BCUT2D eigenvalue weighted by molar-refractivity contribution is -0.119.